The third-order valence-corrected chi connectivity index (χ3v) is 3.58. The van der Waals surface area contributed by atoms with Crippen LogP contribution in [0.25, 0.3) is 0 Å². The fourth-order valence-electron chi connectivity index (χ4n) is 2.03. The molecular weight excluding hydrogens is 270 g/mol. The predicted molar refractivity (Wildman–Crippen MR) is 84.5 cm³/mol. The lowest BCUT2D eigenvalue weighted by molar-refractivity contribution is 0.202. The van der Waals surface area contributed by atoms with Crippen molar-refractivity contribution < 1.29 is 4.74 Å². The van der Waals surface area contributed by atoms with Gasteiger partial charge in [0.1, 0.15) is 11.9 Å². The molecular formula is C17H20ClNO. The lowest BCUT2D eigenvalue weighted by Crippen LogP contribution is -2.24. The van der Waals surface area contributed by atoms with Gasteiger partial charge < -0.3 is 10.1 Å². The second-order valence-corrected chi connectivity index (χ2v) is 5.14. The number of hydrogen-bond donors (Lipinski definition) is 1. The fourth-order valence-corrected chi connectivity index (χ4v) is 2.14. The molecule has 106 valence electrons. The Labute approximate surface area is 125 Å². The fraction of sp³-hybridized carbons (Fsp3) is 0.294. The largest absolute Gasteiger partial charge is 0.484 e. The quantitative estimate of drug-likeness (QED) is 0.852. The SMILES string of the molecule is CCNCC(Oc1ccc(Cl)c(C)c1)c1ccccc1. The molecule has 20 heavy (non-hydrogen) atoms. The Bertz CT molecular complexity index is 542. The average molecular weight is 290 g/mol. The lowest BCUT2D eigenvalue weighted by Gasteiger charge is -2.20. The van der Waals surface area contributed by atoms with Gasteiger partial charge in [-0.3, -0.25) is 0 Å². The molecule has 0 spiro atoms. The number of halogens is 1. The van der Waals surface area contributed by atoms with Crippen LogP contribution in [0, 0.1) is 6.92 Å². The van der Waals surface area contributed by atoms with Gasteiger partial charge >= 0.3 is 0 Å². The third-order valence-electron chi connectivity index (χ3n) is 3.16. The first kappa shape index (κ1) is 14.9. The van der Waals surface area contributed by atoms with Crippen LogP contribution < -0.4 is 10.1 Å². The van der Waals surface area contributed by atoms with Crippen LogP contribution in [0.3, 0.4) is 0 Å². The van der Waals surface area contributed by atoms with Crippen molar-refractivity contribution in [2.45, 2.75) is 20.0 Å². The minimum atomic E-state index is -0.00303. The highest BCUT2D eigenvalue weighted by molar-refractivity contribution is 6.31. The monoisotopic (exact) mass is 289 g/mol. The van der Waals surface area contributed by atoms with Crippen molar-refractivity contribution in [3.8, 4) is 5.75 Å². The molecule has 0 aliphatic carbocycles. The molecule has 2 nitrogen and oxygen atoms in total. The average Bonchev–Trinajstić information content (AvgIpc) is 2.48. The molecule has 2 aromatic carbocycles. The Hall–Kier alpha value is -1.51. The van der Waals surface area contributed by atoms with Crippen LogP contribution in [-0.4, -0.2) is 13.1 Å². The first-order valence-electron chi connectivity index (χ1n) is 6.89. The van der Waals surface area contributed by atoms with Crippen molar-refractivity contribution in [2.75, 3.05) is 13.1 Å². The molecule has 0 radical (unpaired) electrons. The van der Waals surface area contributed by atoms with Gasteiger partial charge in [0.25, 0.3) is 0 Å². The summed E-state index contributed by atoms with van der Waals surface area (Å²) in [5.74, 6) is 0.846. The van der Waals surface area contributed by atoms with Gasteiger partial charge in [-0.2, -0.15) is 0 Å². The molecule has 1 N–H and O–H groups in total. The normalized spacial score (nSPS) is 12.2. The van der Waals surface area contributed by atoms with E-state index in [-0.39, 0.29) is 6.10 Å². The molecule has 3 heteroatoms. The third kappa shape index (κ3) is 3.99. The molecule has 0 aliphatic heterocycles. The number of nitrogens with one attached hydrogen (secondary N) is 1. The highest BCUT2D eigenvalue weighted by atomic mass is 35.5. The van der Waals surface area contributed by atoms with Crippen molar-refractivity contribution in [1.29, 1.82) is 0 Å². The number of ether oxygens (including phenoxy) is 1. The van der Waals surface area contributed by atoms with Crippen LogP contribution in [0.2, 0.25) is 5.02 Å². The van der Waals surface area contributed by atoms with Crippen LogP contribution in [0.4, 0.5) is 0 Å². The van der Waals surface area contributed by atoms with Gasteiger partial charge in [-0.1, -0.05) is 48.9 Å². The van der Waals surface area contributed by atoms with Gasteiger partial charge in [0.15, 0.2) is 0 Å². The Balaban J connectivity index is 2.17. The Morgan fingerprint density at radius 1 is 1.15 bits per heavy atom. The number of hydrogen-bond acceptors (Lipinski definition) is 2. The molecule has 0 aliphatic rings. The second kappa shape index (κ2) is 7.32. The van der Waals surface area contributed by atoms with Crippen molar-refractivity contribution >= 4 is 11.6 Å². The van der Waals surface area contributed by atoms with Crippen molar-refractivity contribution in [1.82, 2.24) is 5.32 Å². The zero-order valence-corrected chi connectivity index (χ0v) is 12.7. The molecule has 0 bridgehead atoms. The number of aryl methyl sites for hydroxylation is 1. The van der Waals surface area contributed by atoms with Gasteiger partial charge in [-0.25, -0.2) is 0 Å². The van der Waals surface area contributed by atoms with E-state index in [1.54, 1.807) is 0 Å². The number of rotatable bonds is 6. The molecule has 2 aromatic rings. The van der Waals surface area contributed by atoms with E-state index in [1.165, 1.54) is 5.56 Å². The Morgan fingerprint density at radius 2 is 1.90 bits per heavy atom. The minimum Gasteiger partial charge on any atom is -0.484 e. The van der Waals surface area contributed by atoms with E-state index in [0.29, 0.717) is 0 Å². The molecule has 0 aromatic heterocycles. The summed E-state index contributed by atoms with van der Waals surface area (Å²) in [6, 6.07) is 16.0. The van der Waals surface area contributed by atoms with E-state index in [0.717, 1.165) is 29.4 Å². The summed E-state index contributed by atoms with van der Waals surface area (Å²) in [4.78, 5) is 0. The van der Waals surface area contributed by atoms with Gasteiger partial charge in [0.05, 0.1) is 0 Å². The summed E-state index contributed by atoms with van der Waals surface area (Å²) in [5, 5.41) is 4.11. The van der Waals surface area contributed by atoms with Gasteiger partial charge in [-0.15, -0.1) is 0 Å². The maximum Gasteiger partial charge on any atom is 0.136 e. The van der Waals surface area contributed by atoms with E-state index >= 15 is 0 Å². The van der Waals surface area contributed by atoms with Gasteiger partial charge in [0.2, 0.25) is 0 Å². The molecule has 2 rings (SSSR count). The van der Waals surface area contributed by atoms with Crippen molar-refractivity contribution in [2.24, 2.45) is 0 Å². The maximum absolute atomic E-state index is 6.12. The zero-order valence-electron chi connectivity index (χ0n) is 11.9. The summed E-state index contributed by atoms with van der Waals surface area (Å²) >= 11 is 6.05. The van der Waals surface area contributed by atoms with Crippen molar-refractivity contribution in [3.05, 3.63) is 64.7 Å². The summed E-state index contributed by atoms with van der Waals surface area (Å²) in [6.45, 7) is 5.78. The van der Waals surface area contributed by atoms with E-state index in [1.807, 2.05) is 43.3 Å². The summed E-state index contributed by atoms with van der Waals surface area (Å²) < 4.78 is 6.12. The topological polar surface area (TPSA) is 21.3 Å². The molecule has 0 saturated heterocycles. The van der Waals surface area contributed by atoms with Crippen LogP contribution >= 0.6 is 11.6 Å². The standard InChI is InChI=1S/C17H20ClNO/c1-3-19-12-17(14-7-5-4-6-8-14)20-15-9-10-16(18)13(2)11-15/h4-11,17,19H,3,12H2,1-2H3. The van der Waals surface area contributed by atoms with E-state index in [2.05, 4.69) is 24.4 Å². The first-order chi connectivity index (χ1) is 9.70. The zero-order chi connectivity index (χ0) is 14.4. The lowest BCUT2D eigenvalue weighted by atomic mass is 10.1. The van der Waals surface area contributed by atoms with Gasteiger partial charge in [-0.05, 0) is 42.8 Å². The first-order valence-corrected chi connectivity index (χ1v) is 7.27. The van der Waals surface area contributed by atoms with Crippen LogP contribution in [0.5, 0.6) is 5.75 Å². The van der Waals surface area contributed by atoms with Crippen LogP contribution in [0.1, 0.15) is 24.2 Å². The molecule has 1 unspecified atom stereocenters. The summed E-state index contributed by atoms with van der Waals surface area (Å²) in [5.41, 5.74) is 2.19. The van der Waals surface area contributed by atoms with Crippen LogP contribution in [0.15, 0.2) is 48.5 Å². The predicted octanol–water partition coefficient (Wildman–Crippen LogP) is 4.38. The molecule has 1 atom stereocenters. The summed E-state index contributed by atoms with van der Waals surface area (Å²) in [6.07, 6.45) is -0.00303. The Kier molecular flexibility index (Phi) is 5.45. The van der Waals surface area contributed by atoms with E-state index in [4.69, 9.17) is 16.3 Å². The maximum atomic E-state index is 6.12. The smallest absolute Gasteiger partial charge is 0.136 e. The van der Waals surface area contributed by atoms with Crippen LogP contribution in [-0.2, 0) is 0 Å². The molecule has 0 heterocycles. The molecule has 0 amide bonds. The highest BCUT2D eigenvalue weighted by Crippen LogP contribution is 2.25. The van der Waals surface area contributed by atoms with Gasteiger partial charge in [0, 0.05) is 11.6 Å². The second-order valence-electron chi connectivity index (χ2n) is 4.74. The Morgan fingerprint density at radius 3 is 2.55 bits per heavy atom. The minimum absolute atomic E-state index is 0.00303. The summed E-state index contributed by atoms with van der Waals surface area (Å²) in [7, 11) is 0. The molecule has 0 saturated carbocycles. The van der Waals surface area contributed by atoms with Crippen molar-refractivity contribution in [3.63, 3.8) is 0 Å². The van der Waals surface area contributed by atoms with E-state index < -0.39 is 0 Å². The number of likely N-dealkylation sites (N-methyl/N-ethyl adjacent to an activating group) is 1. The highest BCUT2D eigenvalue weighted by Gasteiger charge is 2.13. The van der Waals surface area contributed by atoms with E-state index in [9.17, 15) is 0 Å². The number of benzene rings is 2. The molecule has 0 fully saturated rings.